The average Bonchev–Trinajstić information content (AvgIpc) is 3.12. The number of nitriles is 1. The third-order valence-electron chi connectivity index (χ3n) is 3.99. The van der Waals surface area contributed by atoms with Crippen molar-refractivity contribution >= 4 is 11.6 Å². The number of anilines is 1. The standard InChI is InChI=1S/C18H19N7O/c1-5-15-16(21-17(26)14-8-6-7-13(9-14)10-19)18(24(4)23-15)25-12(3)20-11(2)22-25/h6-9H,5H2,1-4H3,(H,21,26). The molecule has 0 unspecified atom stereocenters. The van der Waals surface area contributed by atoms with Crippen molar-refractivity contribution in [2.45, 2.75) is 27.2 Å². The molecule has 0 bridgehead atoms. The van der Waals surface area contributed by atoms with E-state index >= 15 is 0 Å². The first kappa shape index (κ1) is 17.4. The van der Waals surface area contributed by atoms with E-state index in [-0.39, 0.29) is 5.91 Å². The van der Waals surface area contributed by atoms with Crippen LogP contribution in [0.15, 0.2) is 24.3 Å². The van der Waals surface area contributed by atoms with Gasteiger partial charge in [0, 0.05) is 12.6 Å². The first-order valence-corrected chi connectivity index (χ1v) is 8.22. The summed E-state index contributed by atoms with van der Waals surface area (Å²) in [4.78, 5) is 17.1. The van der Waals surface area contributed by atoms with Crippen molar-refractivity contribution in [2.24, 2.45) is 7.05 Å². The average molecular weight is 349 g/mol. The van der Waals surface area contributed by atoms with Crippen molar-refractivity contribution in [3.63, 3.8) is 0 Å². The Morgan fingerprint density at radius 1 is 1.31 bits per heavy atom. The lowest BCUT2D eigenvalue weighted by Gasteiger charge is -2.10. The maximum Gasteiger partial charge on any atom is 0.255 e. The maximum absolute atomic E-state index is 12.7. The van der Waals surface area contributed by atoms with Gasteiger partial charge in [-0.3, -0.25) is 4.79 Å². The van der Waals surface area contributed by atoms with Crippen molar-refractivity contribution in [3.05, 3.63) is 52.7 Å². The molecule has 0 atom stereocenters. The number of hydrogen-bond donors (Lipinski definition) is 1. The van der Waals surface area contributed by atoms with Crippen molar-refractivity contribution < 1.29 is 4.79 Å². The molecule has 2 heterocycles. The fraction of sp³-hybridized carbons (Fsp3) is 0.278. The second kappa shape index (κ2) is 6.80. The first-order valence-electron chi connectivity index (χ1n) is 8.22. The normalized spacial score (nSPS) is 10.6. The van der Waals surface area contributed by atoms with E-state index in [9.17, 15) is 4.79 Å². The summed E-state index contributed by atoms with van der Waals surface area (Å²) in [7, 11) is 1.80. The van der Waals surface area contributed by atoms with Crippen LogP contribution >= 0.6 is 0 Å². The molecule has 1 N–H and O–H groups in total. The minimum absolute atomic E-state index is 0.305. The Balaban J connectivity index is 2.05. The lowest BCUT2D eigenvalue weighted by Crippen LogP contribution is -2.16. The van der Waals surface area contributed by atoms with Gasteiger partial charge in [-0.25, -0.2) is 9.67 Å². The number of rotatable bonds is 4. The molecule has 1 amide bonds. The number of carbonyl (C=O) groups is 1. The van der Waals surface area contributed by atoms with Crippen LogP contribution in [0.1, 0.15) is 40.2 Å². The molecular formula is C18H19N7O. The third kappa shape index (κ3) is 3.07. The zero-order valence-electron chi connectivity index (χ0n) is 15.1. The molecule has 26 heavy (non-hydrogen) atoms. The van der Waals surface area contributed by atoms with Gasteiger partial charge in [0.2, 0.25) is 0 Å². The SMILES string of the molecule is CCc1nn(C)c(-n2nc(C)nc2C)c1NC(=O)c1cccc(C#N)c1. The van der Waals surface area contributed by atoms with Crippen molar-refractivity contribution in [1.29, 1.82) is 5.26 Å². The molecule has 8 nitrogen and oxygen atoms in total. The molecule has 0 aliphatic carbocycles. The van der Waals surface area contributed by atoms with E-state index in [0.29, 0.717) is 40.7 Å². The van der Waals surface area contributed by atoms with E-state index < -0.39 is 0 Å². The summed E-state index contributed by atoms with van der Waals surface area (Å²) in [5.74, 6) is 1.68. The van der Waals surface area contributed by atoms with Gasteiger partial charge in [0.25, 0.3) is 5.91 Å². The molecule has 8 heteroatoms. The van der Waals surface area contributed by atoms with Gasteiger partial charge in [-0.2, -0.15) is 15.0 Å². The highest BCUT2D eigenvalue weighted by atomic mass is 16.1. The van der Waals surface area contributed by atoms with Gasteiger partial charge < -0.3 is 5.32 Å². The van der Waals surface area contributed by atoms with E-state index in [2.05, 4.69) is 20.5 Å². The number of aryl methyl sites for hydroxylation is 4. The topological polar surface area (TPSA) is 101 Å². The summed E-state index contributed by atoms with van der Waals surface area (Å²) in [6.45, 7) is 5.63. The summed E-state index contributed by atoms with van der Waals surface area (Å²) in [5.41, 5.74) is 2.19. The Labute approximate surface area is 151 Å². The van der Waals surface area contributed by atoms with E-state index in [1.54, 1.807) is 40.7 Å². The van der Waals surface area contributed by atoms with E-state index in [4.69, 9.17) is 5.26 Å². The zero-order valence-corrected chi connectivity index (χ0v) is 15.1. The number of benzene rings is 1. The van der Waals surface area contributed by atoms with Gasteiger partial charge in [-0.1, -0.05) is 13.0 Å². The number of nitrogens with one attached hydrogen (secondary N) is 1. The summed E-state index contributed by atoms with van der Waals surface area (Å²) in [5, 5.41) is 20.9. The summed E-state index contributed by atoms with van der Waals surface area (Å²) in [6, 6.07) is 8.61. The van der Waals surface area contributed by atoms with Crippen LogP contribution in [0.25, 0.3) is 5.82 Å². The van der Waals surface area contributed by atoms with Crippen LogP contribution in [0.2, 0.25) is 0 Å². The van der Waals surface area contributed by atoms with Crippen LogP contribution in [0.3, 0.4) is 0 Å². The molecule has 0 saturated heterocycles. The Hall–Kier alpha value is -3.47. The fourth-order valence-corrected chi connectivity index (χ4v) is 2.83. The van der Waals surface area contributed by atoms with Crippen LogP contribution in [0.4, 0.5) is 5.69 Å². The lowest BCUT2D eigenvalue weighted by atomic mass is 10.1. The Morgan fingerprint density at radius 2 is 2.08 bits per heavy atom. The highest BCUT2D eigenvalue weighted by Crippen LogP contribution is 2.26. The number of aromatic nitrogens is 5. The van der Waals surface area contributed by atoms with Gasteiger partial charge in [0.15, 0.2) is 5.82 Å². The molecule has 0 aliphatic heterocycles. The Kier molecular flexibility index (Phi) is 4.54. The van der Waals surface area contributed by atoms with E-state index in [1.165, 1.54) is 0 Å². The number of hydrogen-bond acceptors (Lipinski definition) is 5. The quantitative estimate of drug-likeness (QED) is 0.779. The molecule has 1 aromatic carbocycles. The monoisotopic (exact) mass is 349 g/mol. The molecule has 0 spiro atoms. The van der Waals surface area contributed by atoms with Crippen molar-refractivity contribution in [1.82, 2.24) is 24.5 Å². The third-order valence-corrected chi connectivity index (χ3v) is 3.99. The second-order valence-electron chi connectivity index (χ2n) is 5.89. The van der Waals surface area contributed by atoms with Gasteiger partial charge in [-0.05, 0) is 38.5 Å². The second-order valence-corrected chi connectivity index (χ2v) is 5.89. The molecule has 132 valence electrons. The predicted molar refractivity (Wildman–Crippen MR) is 96.1 cm³/mol. The highest BCUT2D eigenvalue weighted by Gasteiger charge is 2.22. The summed E-state index contributed by atoms with van der Waals surface area (Å²) >= 11 is 0. The number of amides is 1. The Bertz CT molecular complexity index is 1020. The van der Waals surface area contributed by atoms with Crippen LogP contribution in [-0.4, -0.2) is 30.5 Å². The minimum Gasteiger partial charge on any atom is -0.317 e. The molecule has 3 aromatic rings. The van der Waals surface area contributed by atoms with Gasteiger partial charge in [-0.15, -0.1) is 5.10 Å². The van der Waals surface area contributed by atoms with E-state index in [0.717, 1.165) is 5.69 Å². The summed E-state index contributed by atoms with van der Waals surface area (Å²) in [6.07, 6.45) is 0.647. The zero-order chi connectivity index (χ0) is 18.8. The van der Waals surface area contributed by atoms with Crippen molar-refractivity contribution in [2.75, 3.05) is 5.32 Å². The minimum atomic E-state index is -0.305. The Morgan fingerprint density at radius 3 is 2.69 bits per heavy atom. The predicted octanol–water partition coefficient (Wildman–Crippen LogP) is 2.30. The molecule has 0 fully saturated rings. The van der Waals surface area contributed by atoms with Gasteiger partial charge in [0.05, 0.1) is 17.3 Å². The van der Waals surface area contributed by atoms with E-state index in [1.807, 2.05) is 26.8 Å². The molecule has 2 aromatic heterocycles. The van der Waals surface area contributed by atoms with Crippen LogP contribution in [0.5, 0.6) is 0 Å². The molecule has 0 aliphatic rings. The first-order chi connectivity index (χ1) is 12.4. The molecule has 0 radical (unpaired) electrons. The maximum atomic E-state index is 12.7. The summed E-state index contributed by atoms with van der Waals surface area (Å²) < 4.78 is 3.35. The van der Waals surface area contributed by atoms with Crippen LogP contribution in [0, 0.1) is 25.2 Å². The molecule has 3 rings (SSSR count). The number of nitrogens with zero attached hydrogens (tertiary/aromatic N) is 6. The van der Waals surface area contributed by atoms with Gasteiger partial charge >= 0.3 is 0 Å². The fourth-order valence-electron chi connectivity index (χ4n) is 2.83. The largest absolute Gasteiger partial charge is 0.317 e. The smallest absolute Gasteiger partial charge is 0.255 e. The van der Waals surface area contributed by atoms with Crippen LogP contribution in [-0.2, 0) is 13.5 Å². The van der Waals surface area contributed by atoms with Gasteiger partial charge in [0.1, 0.15) is 17.3 Å². The molecular weight excluding hydrogens is 330 g/mol. The number of carbonyl (C=O) groups excluding carboxylic acids is 1. The highest BCUT2D eigenvalue weighted by molar-refractivity contribution is 6.05. The molecule has 0 saturated carbocycles. The lowest BCUT2D eigenvalue weighted by molar-refractivity contribution is 0.102. The van der Waals surface area contributed by atoms with Crippen LogP contribution < -0.4 is 5.32 Å². The van der Waals surface area contributed by atoms with Crippen molar-refractivity contribution in [3.8, 4) is 11.9 Å².